The fourth-order valence-corrected chi connectivity index (χ4v) is 4.00. The average molecular weight is 413 g/mol. The van der Waals surface area contributed by atoms with Crippen LogP contribution >= 0.6 is 0 Å². The molecule has 1 aliphatic heterocycles. The summed E-state index contributed by atoms with van der Waals surface area (Å²) >= 11 is 0. The van der Waals surface area contributed by atoms with E-state index in [2.05, 4.69) is 43.3 Å². The van der Waals surface area contributed by atoms with Gasteiger partial charge in [0.15, 0.2) is 5.82 Å². The fourth-order valence-electron chi connectivity index (χ4n) is 4.00. The highest BCUT2D eigenvalue weighted by Gasteiger charge is 2.26. The molecule has 31 heavy (non-hydrogen) atoms. The van der Waals surface area contributed by atoms with Gasteiger partial charge in [0, 0.05) is 49.7 Å². The molecule has 0 saturated carbocycles. The monoisotopic (exact) mass is 413 g/mol. The lowest BCUT2D eigenvalue weighted by molar-refractivity contribution is 0.0921. The molecule has 1 atom stereocenters. The molecule has 0 spiro atoms. The molecule has 1 unspecified atom stereocenters. The highest BCUT2D eigenvalue weighted by Crippen LogP contribution is 2.24. The summed E-state index contributed by atoms with van der Waals surface area (Å²) in [6.07, 6.45) is 6.96. The Bertz CT molecular complexity index is 1240. The van der Waals surface area contributed by atoms with Gasteiger partial charge in [-0.1, -0.05) is 30.3 Å². The Kier molecular flexibility index (Phi) is 4.82. The van der Waals surface area contributed by atoms with Crippen molar-refractivity contribution in [1.29, 1.82) is 0 Å². The molecule has 8 heteroatoms. The number of carbonyl (C=O) groups is 1. The number of aryl methyl sites for hydroxylation is 3. The van der Waals surface area contributed by atoms with E-state index in [4.69, 9.17) is 4.98 Å². The first-order valence-electron chi connectivity index (χ1n) is 10.3. The molecule has 3 aromatic heterocycles. The van der Waals surface area contributed by atoms with E-state index in [1.165, 1.54) is 0 Å². The molecule has 1 aromatic carbocycles. The summed E-state index contributed by atoms with van der Waals surface area (Å²) in [5, 5.41) is 7.44. The number of nitrogens with zero attached hydrogens (tertiary/aromatic N) is 6. The molecule has 0 aliphatic carbocycles. The number of hydrogen-bond donors (Lipinski definition) is 1. The second-order valence-electron chi connectivity index (χ2n) is 7.82. The highest BCUT2D eigenvalue weighted by atomic mass is 16.2. The number of hydrogen-bond acceptors (Lipinski definition) is 5. The Balaban J connectivity index is 1.35. The van der Waals surface area contributed by atoms with E-state index in [1.807, 2.05) is 31.2 Å². The highest BCUT2D eigenvalue weighted by molar-refractivity contribution is 5.98. The van der Waals surface area contributed by atoms with Crippen molar-refractivity contribution in [2.45, 2.75) is 32.4 Å². The van der Waals surface area contributed by atoms with Crippen LogP contribution in [0.3, 0.4) is 0 Å². The molecule has 0 fully saturated rings. The molecule has 4 heterocycles. The SMILES string of the molecule is Cc1ccnc(-c2cnn(C)c2C(=O)NC2CCn3cc(-c4ccccc4)nc3C2)n1. The van der Waals surface area contributed by atoms with E-state index >= 15 is 0 Å². The Morgan fingerprint density at radius 1 is 1.16 bits per heavy atom. The Hall–Kier alpha value is -3.81. The van der Waals surface area contributed by atoms with Gasteiger partial charge in [-0.3, -0.25) is 9.48 Å². The number of aromatic nitrogens is 6. The molecule has 0 radical (unpaired) electrons. The zero-order valence-corrected chi connectivity index (χ0v) is 17.5. The second-order valence-corrected chi connectivity index (χ2v) is 7.82. The number of carbonyl (C=O) groups excluding carboxylic acids is 1. The summed E-state index contributed by atoms with van der Waals surface area (Å²) in [6.45, 7) is 2.72. The van der Waals surface area contributed by atoms with Gasteiger partial charge in [-0.25, -0.2) is 15.0 Å². The number of benzene rings is 1. The number of amides is 1. The van der Waals surface area contributed by atoms with Crippen LogP contribution in [0.2, 0.25) is 0 Å². The predicted molar refractivity (Wildman–Crippen MR) is 116 cm³/mol. The molecule has 0 bridgehead atoms. The van der Waals surface area contributed by atoms with Crippen molar-refractivity contribution < 1.29 is 4.79 Å². The maximum atomic E-state index is 13.2. The molecule has 0 saturated heterocycles. The van der Waals surface area contributed by atoms with E-state index < -0.39 is 0 Å². The zero-order valence-electron chi connectivity index (χ0n) is 17.5. The van der Waals surface area contributed by atoms with E-state index in [1.54, 1.807) is 24.1 Å². The zero-order chi connectivity index (χ0) is 21.4. The molecular formula is C23H23N7O. The van der Waals surface area contributed by atoms with Crippen molar-refractivity contribution >= 4 is 5.91 Å². The number of fused-ring (bicyclic) bond motifs is 1. The van der Waals surface area contributed by atoms with Crippen LogP contribution in [0.25, 0.3) is 22.6 Å². The summed E-state index contributed by atoms with van der Waals surface area (Å²) in [6, 6.07) is 12.0. The van der Waals surface area contributed by atoms with E-state index in [0.29, 0.717) is 23.5 Å². The third kappa shape index (κ3) is 3.72. The quantitative estimate of drug-likeness (QED) is 0.556. The van der Waals surface area contributed by atoms with Crippen LogP contribution in [-0.4, -0.2) is 41.2 Å². The van der Waals surface area contributed by atoms with Crippen molar-refractivity contribution in [2.75, 3.05) is 0 Å². The van der Waals surface area contributed by atoms with Gasteiger partial charge in [0.25, 0.3) is 5.91 Å². The van der Waals surface area contributed by atoms with Gasteiger partial charge in [-0.15, -0.1) is 0 Å². The molecule has 4 aromatic rings. The van der Waals surface area contributed by atoms with Crippen molar-refractivity contribution in [3.8, 4) is 22.6 Å². The van der Waals surface area contributed by atoms with Crippen molar-refractivity contribution in [3.63, 3.8) is 0 Å². The van der Waals surface area contributed by atoms with E-state index in [9.17, 15) is 4.79 Å². The van der Waals surface area contributed by atoms with Crippen LogP contribution in [0.4, 0.5) is 0 Å². The third-order valence-corrected chi connectivity index (χ3v) is 5.60. The lowest BCUT2D eigenvalue weighted by Crippen LogP contribution is -2.41. The van der Waals surface area contributed by atoms with Crippen LogP contribution in [0.1, 0.15) is 28.4 Å². The minimum Gasteiger partial charge on any atom is -0.347 e. The standard InChI is InChI=1S/C23H23N7O/c1-15-8-10-24-22(26-15)18-13-25-29(2)21(18)23(31)27-17-9-11-30-14-19(28-20(30)12-17)16-6-4-3-5-7-16/h3-8,10,13-14,17H,9,11-12H2,1-2H3,(H,27,31). The van der Waals surface area contributed by atoms with Gasteiger partial charge >= 0.3 is 0 Å². The number of imidazole rings is 1. The molecule has 5 rings (SSSR count). The van der Waals surface area contributed by atoms with E-state index in [-0.39, 0.29) is 11.9 Å². The largest absolute Gasteiger partial charge is 0.347 e. The van der Waals surface area contributed by atoms with Gasteiger partial charge in [0.2, 0.25) is 0 Å². The van der Waals surface area contributed by atoms with Gasteiger partial charge in [-0.05, 0) is 19.4 Å². The van der Waals surface area contributed by atoms with Crippen LogP contribution < -0.4 is 5.32 Å². The molecule has 1 amide bonds. The first-order chi connectivity index (χ1) is 15.1. The maximum absolute atomic E-state index is 13.2. The molecule has 1 aliphatic rings. The molecular weight excluding hydrogens is 390 g/mol. The third-order valence-electron chi connectivity index (χ3n) is 5.60. The van der Waals surface area contributed by atoms with Gasteiger partial charge < -0.3 is 9.88 Å². The van der Waals surface area contributed by atoms with Crippen LogP contribution in [-0.2, 0) is 20.0 Å². The lowest BCUT2D eigenvalue weighted by Gasteiger charge is -2.24. The first-order valence-corrected chi connectivity index (χ1v) is 10.3. The minimum absolute atomic E-state index is 0.00667. The average Bonchev–Trinajstić information content (AvgIpc) is 3.37. The number of rotatable bonds is 4. The molecule has 8 nitrogen and oxygen atoms in total. The minimum atomic E-state index is -0.173. The maximum Gasteiger partial charge on any atom is 0.270 e. The van der Waals surface area contributed by atoms with Gasteiger partial charge in [0.1, 0.15) is 11.5 Å². The van der Waals surface area contributed by atoms with E-state index in [0.717, 1.165) is 35.7 Å². The molecule has 156 valence electrons. The van der Waals surface area contributed by atoms with Gasteiger partial charge in [0.05, 0.1) is 17.5 Å². The van der Waals surface area contributed by atoms with Gasteiger partial charge in [-0.2, -0.15) is 5.10 Å². The summed E-state index contributed by atoms with van der Waals surface area (Å²) in [7, 11) is 1.76. The van der Waals surface area contributed by atoms with Crippen molar-refractivity contribution in [2.24, 2.45) is 7.05 Å². The number of nitrogens with one attached hydrogen (secondary N) is 1. The van der Waals surface area contributed by atoms with Crippen LogP contribution in [0, 0.1) is 6.92 Å². The van der Waals surface area contributed by atoms with Crippen molar-refractivity contribution in [3.05, 3.63) is 72.2 Å². The summed E-state index contributed by atoms with van der Waals surface area (Å²) in [4.78, 5) is 26.7. The predicted octanol–water partition coefficient (Wildman–Crippen LogP) is 2.79. The van der Waals surface area contributed by atoms with Crippen LogP contribution in [0.5, 0.6) is 0 Å². The Labute approximate surface area is 180 Å². The summed E-state index contributed by atoms with van der Waals surface area (Å²) < 4.78 is 3.76. The smallest absolute Gasteiger partial charge is 0.270 e. The normalized spacial score (nSPS) is 15.5. The Morgan fingerprint density at radius 3 is 2.81 bits per heavy atom. The summed E-state index contributed by atoms with van der Waals surface area (Å²) in [5.74, 6) is 1.32. The lowest BCUT2D eigenvalue weighted by atomic mass is 10.1. The van der Waals surface area contributed by atoms with Crippen LogP contribution in [0.15, 0.2) is 55.0 Å². The first kappa shape index (κ1) is 19.2. The summed E-state index contributed by atoms with van der Waals surface area (Å²) in [5.41, 5.74) is 4.00. The molecule has 1 N–H and O–H groups in total. The van der Waals surface area contributed by atoms with Crippen molar-refractivity contribution in [1.82, 2.24) is 34.6 Å². The second kappa shape index (κ2) is 7.79. The topological polar surface area (TPSA) is 90.5 Å². The fraction of sp³-hybridized carbons (Fsp3) is 0.261. The Morgan fingerprint density at radius 2 is 2.00 bits per heavy atom.